The Balaban J connectivity index is 2.80. The van der Waals surface area contributed by atoms with Gasteiger partial charge >= 0.3 is 0 Å². The Kier molecular flexibility index (Phi) is 3.90. The summed E-state index contributed by atoms with van der Waals surface area (Å²) in [5.74, 6) is 0.492. The van der Waals surface area contributed by atoms with Crippen LogP contribution in [0, 0.1) is 5.92 Å². The first kappa shape index (κ1) is 13.8. The molecule has 1 aliphatic heterocycles. The number of likely N-dealkylation sites (tertiary alicyclic amines) is 1. The van der Waals surface area contributed by atoms with Crippen molar-refractivity contribution < 1.29 is 13.2 Å². The summed E-state index contributed by atoms with van der Waals surface area (Å²) in [7, 11) is -3.39. The van der Waals surface area contributed by atoms with Crippen molar-refractivity contribution in [2.75, 3.05) is 25.2 Å². The van der Waals surface area contributed by atoms with E-state index in [0.29, 0.717) is 24.9 Å². The molecule has 1 heterocycles. The molecular formula is C10H18ClNO3S. The predicted molar refractivity (Wildman–Crippen MR) is 64.3 cm³/mol. The summed E-state index contributed by atoms with van der Waals surface area (Å²) < 4.78 is 21.7. The van der Waals surface area contributed by atoms with Crippen LogP contribution in [0.5, 0.6) is 0 Å². The Bertz CT molecular complexity index is 378. The zero-order valence-electron chi connectivity index (χ0n) is 9.86. The van der Waals surface area contributed by atoms with E-state index in [1.165, 1.54) is 13.8 Å². The minimum absolute atomic E-state index is 0.293. The third-order valence-corrected chi connectivity index (χ3v) is 5.70. The number of carbonyl (C=O) groups excluding carboxylic acids is 1. The van der Waals surface area contributed by atoms with Crippen molar-refractivity contribution in [2.24, 2.45) is 5.92 Å². The summed E-state index contributed by atoms with van der Waals surface area (Å²) in [5.41, 5.74) is 0. The van der Waals surface area contributed by atoms with Crippen LogP contribution in [-0.4, -0.2) is 49.2 Å². The van der Waals surface area contributed by atoms with E-state index in [0.717, 1.165) is 12.7 Å². The standard InChI is InChI=1S/C10H18ClNO3S/c1-10(2,16(3,14)15)9(13)12-5-4-8(6-11)7-12/h8H,4-7H2,1-3H3. The van der Waals surface area contributed by atoms with Gasteiger partial charge in [0.05, 0.1) is 0 Å². The lowest BCUT2D eigenvalue weighted by atomic mass is 10.1. The molecule has 1 rings (SSSR count). The van der Waals surface area contributed by atoms with Crippen LogP contribution in [0.3, 0.4) is 0 Å². The molecule has 0 aliphatic carbocycles. The molecule has 1 amide bonds. The van der Waals surface area contributed by atoms with Gasteiger partial charge < -0.3 is 4.90 Å². The smallest absolute Gasteiger partial charge is 0.243 e. The summed E-state index contributed by atoms with van der Waals surface area (Å²) in [5, 5.41) is 0. The maximum atomic E-state index is 12.1. The van der Waals surface area contributed by atoms with Crippen LogP contribution in [0.1, 0.15) is 20.3 Å². The van der Waals surface area contributed by atoms with Gasteiger partial charge in [-0.15, -0.1) is 11.6 Å². The summed E-state index contributed by atoms with van der Waals surface area (Å²) in [6.07, 6.45) is 1.95. The van der Waals surface area contributed by atoms with E-state index in [1.807, 2.05) is 0 Å². The van der Waals surface area contributed by atoms with Gasteiger partial charge in [-0.1, -0.05) is 0 Å². The SMILES string of the molecule is CC(C)(C(=O)N1CCC(CCl)C1)S(C)(=O)=O. The third-order valence-electron chi connectivity index (χ3n) is 3.23. The highest BCUT2D eigenvalue weighted by atomic mass is 35.5. The van der Waals surface area contributed by atoms with E-state index >= 15 is 0 Å². The monoisotopic (exact) mass is 267 g/mol. The first-order valence-corrected chi connectivity index (χ1v) is 7.67. The second-order valence-corrected chi connectivity index (χ2v) is 7.72. The quantitative estimate of drug-likeness (QED) is 0.714. The topological polar surface area (TPSA) is 54.5 Å². The Labute approximate surface area is 102 Å². The molecule has 1 fully saturated rings. The lowest BCUT2D eigenvalue weighted by Crippen LogP contribution is -2.48. The Morgan fingerprint density at radius 2 is 2.06 bits per heavy atom. The molecule has 1 unspecified atom stereocenters. The number of alkyl halides is 1. The van der Waals surface area contributed by atoms with Crippen LogP contribution in [0.4, 0.5) is 0 Å². The molecule has 4 nitrogen and oxygen atoms in total. The van der Waals surface area contributed by atoms with E-state index in [1.54, 1.807) is 4.90 Å². The molecule has 0 bridgehead atoms. The molecular weight excluding hydrogens is 250 g/mol. The second kappa shape index (κ2) is 4.53. The minimum Gasteiger partial charge on any atom is -0.341 e. The van der Waals surface area contributed by atoms with Gasteiger partial charge in [0.15, 0.2) is 9.84 Å². The number of hydrogen-bond donors (Lipinski definition) is 0. The molecule has 0 radical (unpaired) electrons. The van der Waals surface area contributed by atoms with Crippen LogP contribution in [0.25, 0.3) is 0 Å². The van der Waals surface area contributed by atoms with E-state index in [-0.39, 0.29) is 5.91 Å². The molecule has 1 saturated heterocycles. The van der Waals surface area contributed by atoms with E-state index in [2.05, 4.69) is 0 Å². The average Bonchev–Trinajstić information content (AvgIpc) is 2.62. The first-order valence-electron chi connectivity index (χ1n) is 5.25. The largest absolute Gasteiger partial charge is 0.341 e. The van der Waals surface area contributed by atoms with Crippen molar-refractivity contribution in [1.29, 1.82) is 0 Å². The lowest BCUT2D eigenvalue weighted by molar-refractivity contribution is -0.132. The fourth-order valence-corrected chi connectivity index (χ4v) is 2.38. The van der Waals surface area contributed by atoms with Crippen LogP contribution in [-0.2, 0) is 14.6 Å². The fraction of sp³-hybridized carbons (Fsp3) is 0.900. The van der Waals surface area contributed by atoms with Gasteiger partial charge in [-0.2, -0.15) is 0 Å². The van der Waals surface area contributed by atoms with E-state index in [9.17, 15) is 13.2 Å². The summed E-state index contributed by atoms with van der Waals surface area (Å²) in [6, 6.07) is 0. The van der Waals surface area contributed by atoms with Crippen molar-refractivity contribution in [3.05, 3.63) is 0 Å². The van der Waals surface area contributed by atoms with E-state index in [4.69, 9.17) is 11.6 Å². The number of halogens is 1. The van der Waals surface area contributed by atoms with Gasteiger partial charge in [-0.05, 0) is 26.2 Å². The molecule has 0 aromatic carbocycles. The molecule has 0 N–H and O–H groups in total. The molecule has 16 heavy (non-hydrogen) atoms. The van der Waals surface area contributed by atoms with Gasteiger partial charge in [0, 0.05) is 25.2 Å². The first-order chi connectivity index (χ1) is 7.20. The van der Waals surface area contributed by atoms with Crippen LogP contribution < -0.4 is 0 Å². The van der Waals surface area contributed by atoms with Crippen LogP contribution in [0.15, 0.2) is 0 Å². The number of rotatable bonds is 3. The average molecular weight is 268 g/mol. The Morgan fingerprint density at radius 1 is 1.50 bits per heavy atom. The number of amides is 1. The highest BCUT2D eigenvalue weighted by Crippen LogP contribution is 2.24. The fourth-order valence-electron chi connectivity index (χ4n) is 1.68. The minimum atomic E-state index is -3.39. The van der Waals surface area contributed by atoms with Crippen molar-refractivity contribution in [3.8, 4) is 0 Å². The number of nitrogens with zero attached hydrogens (tertiary/aromatic N) is 1. The Morgan fingerprint density at radius 3 is 2.44 bits per heavy atom. The highest BCUT2D eigenvalue weighted by Gasteiger charge is 2.42. The molecule has 0 aromatic heterocycles. The van der Waals surface area contributed by atoms with Crippen molar-refractivity contribution >= 4 is 27.3 Å². The molecule has 1 aliphatic rings. The molecule has 0 aromatic rings. The van der Waals surface area contributed by atoms with Crippen LogP contribution in [0.2, 0.25) is 0 Å². The van der Waals surface area contributed by atoms with Crippen molar-refractivity contribution in [3.63, 3.8) is 0 Å². The van der Waals surface area contributed by atoms with Gasteiger partial charge in [-0.3, -0.25) is 4.79 Å². The third kappa shape index (κ3) is 2.51. The maximum Gasteiger partial charge on any atom is 0.243 e. The van der Waals surface area contributed by atoms with Gasteiger partial charge in [-0.25, -0.2) is 8.42 Å². The van der Waals surface area contributed by atoms with Gasteiger partial charge in [0.2, 0.25) is 5.91 Å². The predicted octanol–water partition coefficient (Wildman–Crippen LogP) is 0.897. The van der Waals surface area contributed by atoms with Gasteiger partial charge in [0.25, 0.3) is 0 Å². The zero-order chi connectivity index (χ0) is 12.6. The molecule has 94 valence electrons. The number of sulfone groups is 1. The summed E-state index contributed by atoms with van der Waals surface area (Å²) in [4.78, 5) is 13.7. The molecule has 6 heteroatoms. The second-order valence-electron chi connectivity index (χ2n) is 4.84. The molecule has 0 saturated carbocycles. The Hall–Kier alpha value is -0.290. The molecule has 0 spiro atoms. The summed E-state index contributed by atoms with van der Waals surface area (Å²) >= 11 is 5.73. The van der Waals surface area contributed by atoms with E-state index < -0.39 is 14.6 Å². The highest BCUT2D eigenvalue weighted by molar-refractivity contribution is 7.92. The zero-order valence-corrected chi connectivity index (χ0v) is 11.4. The lowest BCUT2D eigenvalue weighted by Gasteiger charge is -2.27. The molecule has 1 atom stereocenters. The maximum absolute atomic E-state index is 12.1. The van der Waals surface area contributed by atoms with Crippen LogP contribution >= 0.6 is 11.6 Å². The number of carbonyl (C=O) groups is 1. The number of hydrogen-bond acceptors (Lipinski definition) is 3. The van der Waals surface area contributed by atoms with Gasteiger partial charge in [0.1, 0.15) is 4.75 Å². The van der Waals surface area contributed by atoms with Crippen molar-refractivity contribution in [1.82, 2.24) is 4.90 Å². The van der Waals surface area contributed by atoms with Crippen molar-refractivity contribution in [2.45, 2.75) is 25.0 Å². The summed E-state index contributed by atoms with van der Waals surface area (Å²) in [6.45, 7) is 4.09. The normalized spacial score (nSPS) is 22.5.